The summed E-state index contributed by atoms with van der Waals surface area (Å²) in [5.41, 5.74) is 6.04. The summed E-state index contributed by atoms with van der Waals surface area (Å²) in [6, 6.07) is 3.53. The van der Waals surface area contributed by atoms with Crippen LogP contribution in [-0.4, -0.2) is 17.4 Å². The molecule has 14 heavy (non-hydrogen) atoms. The highest BCUT2D eigenvalue weighted by molar-refractivity contribution is 9.10. The number of halogens is 1. The maximum atomic E-state index is 11.5. The Hall–Kier alpha value is -0.940. The molecule has 0 saturated heterocycles. The average Bonchev–Trinajstić information content (AvgIpc) is 2.20. The first kappa shape index (κ1) is 11.1. The molecule has 1 aromatic heterocycles. The minimum atomic E-state index is -0.192. The number of anilines is 1. The lowest BCUT2D eigenvalue weighted by Gasteiger charge is -2.10. The third kappa shape index (κ3) is 2.78. The van der Waals surface area contributed by atoms with Crippen LogP contribution in [0.1, 0.15) is 6.92 Å². The number of nitrogens with two attached hydrogens (primary N) is 1. The Morgan fingerprint density at radius 1 is 1.79 bits per heavy atom. The first-order valence-corrected chi connectivity index (χ1v) is 5.06. The van der Waals surface area contributed by atoms with E-state index in [9.17, 15) is 4.79 Å². The summed E-state index contributed by atoms with van der Waals surface area (Å²) >= 11 is 3.24. The zero-order valence-electron chi connectivity index (χ0n) is 7.83. The lowest BCUT2D eigenvalue weighted by Crippen LogP contribution is -2.26. The second-order valence-corrected chi connectivity index (χ2v) is 3.72. The van der Waals surface area contributed by atoms with Crippen LogP contribution in [0.2, 0.25) is 0 Å². The number of aromatic nitrogens is 1. The van der Waals surface area contributed by atoms with Crippen LogP contribution in [0.5, 0.6) is 0 Å². The summed E-state index contributed by atoms with van der Waals surface area (Å²) in [6.07, 6.45) is 1.64. The number of pyridine rings is 1. The summed E-state index contributed by atoms with van der Waals surface area (Å²) in [7, 11) is 0. The van der Waals surface area contributed by atoms with Gasteiger partial charge in [0, 0.05) is 18.7 Å². The van der Waals surface area contributed by atoms with Gasteiger partial charge in [-0.15, -0.1) is 0 Å². The van der Waals surface area contributed by atoms with E-state index in [0.29, 0.717) is 16.8 Å². The topological polar surface area (TPSA) is 68.0 Å². The Morgan fingerprint density at radius 3 is 3.07 bits per heavy atom. The van der Waals surface area contributed by atoms with Gasteiger partial charge in [0.15, 0.2) is 0 Å². The van der Waals surface area contributed by atoms with Crippen LogP contribution < -0.4 is 11.1 Å². The predicted molar refractivity (Wildman–Crippen MR) is 58.8 cm³/mol. The fraction of sp³-hybridized carbons (Fsp3) is 0.333. The van der Waals surface area contributed by atoms with Crippen molar-refractivity contribution in [1.82, 2.24) is 4.98 Å². The van der Waals surface area contributed by atoms with Crippen LogP contribution in [0.3, 0.4) is 0 Å². The zero-order valence-corrected chi connectivity index (χ0v) is 9.41. The zero-order chi connectivity index (χ0) is 10.6. The first-order valence-electron chi connectivity index (χ1n) is 4.26. The van der Waals surface area contributed by atoms with E-state index in [1.807, 2.05) is 0 Å². The molecule has 5 heteroatoms. The second kappa shape index (κ2) is 5.07. The Morgan fingerprint density at radius 2 is 2.50 bits per heavy atom. The maximum Gasteiger partial charge on any atom is 0.228 e. The molecule has 0 aromatic carbocycles. The standard InChI is InChI=1S/C9H12BrN3O/c1-6(5-11)9(14)13-7-3-2-4-12-8(7)10/h2-4,6H,5,11H2,1H3,(H,13,14). The van der Waals surface area contributed by atoms with Gasteiger partial charge >= 0.3 is 0 Å². The van der Waals surface area contributed by atoms with Crippen LogP contribution >= 0.6 is 15.9 Å². The van der Waals surface area contributed by atoms with Gasteiger partial charge in [-0.1, -0.05) is 6.92 Å². The minimum Gasteiger partial charge on any atom is -0.330 e. The Kier molecular flexibility index (Phi) is 4.03. The number of nitrogens with zero attached hydrogens (tertiary/aromatic N) is 1. The number of carbonyl (C=O) groups excluding carboxylic acids is 1. The largest absolute Gasteiger partial charge is 0.330 e. The molecule has 1 rings (SSSR count). The Bertz CT molecular complexity index is 330. The van der Waals surface area contributed by atoms with Crippen LogP contribution in [-0.2, 0) is 4.79 Å². The molecule has 0 spiro atoms. The molecule has 0 aliphatic heterocycles. The molecule has 0 radical (unpaired) electrons. The van der Waals surface area contributed by atoms with Crippen molar-refractivity contribution < 1.29 is 4.79 Å². The molecule has 0 saturated carbocycles. The number of nitrogens with one attached hydrogen (secondary N) is 1. The third-order valence-corrected chi connectivity index (χ3v) is 2.45. The van der Waals surface area contributed by atoms with Crippen LogP contribution in [0.4, 0.5) is 5.69 Å². The lowest BCUT2D eigenvalue weighted by molar-refractivity contribution is -0.119. The maximum absolute atomic E-state index is 11.5. The van der Waals surface area contributed by atoms with Crippen LogP contribution in [0, 0.1) is 5.92 Å². The summed E-state index contributed by atoms with van der Waals surface area (Å²) in [4.78, 5) is 15.4. The molecule has 0 aliphatic rings. The van der Waals surface area contributed by atoms with Gasteiger partial charge in [0.05, 0.1) is 5.69 Å². The molecule has 1 atom stereocenters. The van der Waals surface area contributed by atoms with Gasteiger partial charge in [-0.05, 0) is 28.1 Å². The molecule has 0 aliphatic carbocycles. The SMILES string of the molecule is CC(CN)C(=O)Nc1cccnc1Br. The molecule has 0 fully saturated rings. The molecule has 4 nitrogen and oxygen atoms in total. The van der Waals surface area contributed by atoms with Crippen molar-refractivity contribution >= 4 is 27.5 Å². The highest BCUT2D eigenvalue weighted by Crippen LogP contribution is 2.18. The number of amides is 1. The van der Waals surface area contributed by atoms with E-state index in [4.69, 9.17) is 5.73 Å². The highest BCUT2D eigenvalue weighted by atomic mass is 79.9. The number of carbonyl (C=O) groups is 1. The number of hydrogen-bond acceptors (Lipinski definition) is 3. The van der Waals surface area contributed by atoms with Gasteiger partial charge in [0.1, 0.15) is 4.60 Å². The molecular weight excluding hydrogens is 246 g/mol. The van der Waals surface area contributed by atoms with Crippen molar-refractivity contribution in [2.75, 3.05) is 11.9 Å². The quantitative estimate of drug-likeness (QED) is 0.805. The summed E-state index contributed by atoms with van der Waals surface area (Å²) in [5, 5.41) is 2.73. The minimum absolute atomic E-state index is 0.0961. The normalized spacial score (nSPS) is 12.2. The number of rotatable bonds is 3. The van der Waals surface area contributed by atoms with E-state index in [-0.39, 0.29) is 11.8 Å². The monoisotopic (exact) mass is 257 g/mol. The van der Waals surface area contributed by atoms with E-state index in [1.165, 1.54) is 0 Å². The molecule has 1 unspecified atom stereocenters. The van der Waals surface area contributed by atoms with Gasteiger partial charge in [-0.2, -0.15) is 0 Å². The predicted octanol–water partition coefficient (Wildman–Crippen LogP) is 1.38. The van der Waals surface area contributed by atoms with E-state index in [1.54, 1.807) is 25.3 Å². The molecule has 76 valence electrons. The Balaban J connectivity index is 2.70. The van der Waals surface area contributed by atoms with Crippen LogP contribution in [0.25, 0.3) is 0 Å². The Labute approximate surface area is 91.0 Å². The third-order valence-electron chi connectivity index (χ3n) is 1.82. The molecule has 3 N–H and O–H groups in total. The summed E-state index contributed by atoms with van der Waals surface area (Å²) in [6.45, 7) is 2.11. The fourth-order valence-electron chi connectivity index (χ4n) is 0.842. The van der Waals surface area contributed by atoms with Gasteiger partial charge in [0.2, 0.25) is 5.91 Å². The van der Waals surface area contributed by atoms with E-state index >= 15 is 0 Å². The van der Waals surface area contributed by atoms with Crippen LogP contribution in [0.15, 0.2) is 22.9 Å². The highest BCUT2D eigenvalue weighted by Gasteiger charge is 2.11. The van der Waals surface area contributed by atoms with Crippen molar-refractivity contribution in [3.05, 3.63) is 22.9 Å². The number of hydrogen-bond donors (Lipinski definition) is 2. The summed E-state index contributed by atoms with van der Waals surface area (Å²) < 4.78 is 0.623. The molecule has 1 aromatic rings. The van der Waals surface area contributed by atoms with Crippen molar-refractivity contribution in [1.29, 1.82) is 0 Å². The van der Waals surface area contributed by atoms with E-state index < -0.39 is 0 Å². The molecule has 0 bridgehead atoms. The lowest BCUT2D eigenvalue weighted by atomic mass is 10.1. The molecule has 1 heterocycles. The smallest absolute Gasteiger partial charge is 0.228 e. The van der Waals surface area contributed by atoms with E-state index in [0.717, 1.165) is 0 Å². The van der Waals surface area contributed by atoms with Gasteiger partial charge in [-0.25, -0.2) is 4.98 Å². The second-order valence-electron chi connectivity index (χ2n) is 2.97. The van der Waals surface area contributed by atoms with Gasteiger partial charge in [0.25, 0.3) is 0 Å². The van der Waals surface area contributed by atoms with Gasteiger partial charge < -0.3 is 11.1 Å². The fourth-order valence-corrected chi connectivity index (χ4v) is 1.19. The summed E-state index contributed by atoms with van der Waals surface area (Å²) in [5.74, 6) is -0.289. The van der Waals surface area contributed by atoms with Crippen molar-refractivity contribution in [2.45, 2.75) is 6.92 Å². The molecule has 1 amide bonds. The van der Waals surface area contributed by atoms with Crippen molar-refractivity contribution in [3.8, 4) is 0 Å². The van der Waals surface area contributed by atoms with Crippen molar-refractivity contribution in [2.24, 2.45) is 11.7 Å². The first-order chi connectivity index (χ1) is 6.65. The molecular formula is C9H12BrN3O. The van der Waals surface area contributed by atoms with E-state index in [2.05, 4.69) is 26.2 Å². The average molecular weight is 258 g/mol. The van der Waals surface area contributed by atoms with Crippen molar-refractivity contribution in [3.63, 3.8) is 0 Å². The van der Waals surface area contributed by atoms with Gasteiger partial charge in [-0.3, -0.25) is 4.79 Å².